The molecular formula is C13H18N2O4S. The lowest BCUT2D eigenvalue weighted by molar-refractivity contribution is -0.387. The molecule has 0 heterocycles. The van der Waals surface area contributed by atoms with Crippen LogP contribution in [0.15, 0.2) is 29.2 Å². The molecule has 0 fully saturated rings. The average Bonchev–Trinajstić information content (AvgIpc) is 2.38. The fourth-order valence-corrected chi connectivity index (χ4v) is 2.65. The van der Waals surface area contributed by atoms with E-state index >= 15 is 0 Å². The van der Waals surface area contributed by atoms with Crippen molar-refractivity contribution in [1.82, 2.24) is 0 Å². The topological polar surface area (TPSA) is 106 Å². The number of nitrogens with two attached hydrogens (primary N) is 1. The van der Waals surface area contributed by atoms with Gasteiger partial charge in [-0.25, -0.2) is 0 Å². The van der Waals surface area contributed by atoms with Gasteiger partial charge in [-0.2, -0.15) is 0 Å². The summed E-state index contributed by atoms with van der Waals surface area (Å²) in [5, 5.41) is 19.7. The zero-order chi connectivity index (χ0) is 15.2. The van der Waals surface area contributed by atoms with Crippen molar-refractivity contribution in [2.24, 2.45) is 5.73 Å². The number of benzene rings is 1. The number of aliphatic carboxylic acids is 1. The highest BCUT2D eigenvalue weighted by molar-refractivity contribution is 7.99. The lowest BCUT2D eigenvalue weighted by atomic mass is 9.97. The van der Waals surface area contributed by atoms with E-state index in [1.807, 2.05) is 0 Å². The first kappa shape index (κ1) is 16.5. The molecule has 1 unspecified atom stereocenters. The molecule has 0 amide bonds. The number of rotatable bonds is 8. The van der Waals surface area contributed by atoms with Gasteiger partial charge in [0.2, 0.25) is 0 Å². The van der Waals surface area contributed by atoms with E-state index in [1.54, 1.807) is 18.2 Å². The first-order chi connectivity index (χ1) is 9.34. The van der Waals surface area contributed by atoms with Gasteiger partial charge in [-0.3, -0.25) is 14.9 Å². The lowest BCUT2D eigenvalue weighted by Gasteiger charge is -2.18. The van der Waals surface area contributed by atoms with E-state index in [9.17, 15) is 14.9 Å². The number of hydrogen-bond donors (Lipinski definition) is 2. The second kappa shape index (κ2) is 7.25. The highest BCUT2D eigenvalue weighted by atomic mass is 32.2. The van der Waals surface area contributed by atoms with Gasteiger partial charge in [-0.05, 0) is 31.6 Å². The molecule has 1 aromatic carbocycles. The first-order valence-corrected chi connectivity index (χ1v) is 7.21. The summed E-state index contributed by atoms with van der Waals surface area (Å²) in [6.45, 7) is 1.49. The Hall–Kier alpha value is -1.60. The van der Waals surface area contributed by atoms with Crippen molar-refractivity contribution in [3.63, 3.8) is 0 Å². The predicted octanol–water partition coefficient (Wildman–Crippen LogP) is 2.66. The van der Waals surface area contributed by atoms with Crippen molar-refractivity contribution in [2.75, 3.05) is 5.75 Å². The third-order valence-corrected chi connectivity index (χ3v) is 4.05. The van der Waals surface area contributed by atoms with E-state index in [4.69, 9.17) is 10.8 Å². The molecule has 6 nitrogen and oxygen atoms in total. The summed E-state index contributed by atoms with van der Waals surface area (Å²) in [5.41, 5.74) is 4.52. The third-order valence-electron chi connectivity index (χ3n) is 2.90. The van der Waals surface area contributed by atoms with Crippen LogP contribution in [-0.2, 0) is 4.79 Å². The number of nitro groups is 1. The van der Waals surface area contributed by atoms with Crippen LogP contribution in [-0.4, -0.2) is 27.3 Å². The Balaban J connectivity index is 2.39. The van der Waals surface area contributed by atoms with Crippen LogP contribution >= 0.6 is 11.8 Å². The fourth-order valence-electron chi connectivity index (χ4n) is 1.61. The smallest absolute Gasteiger partial charge is 0.323 e. The van der Waals surface area contributed by atoms with Crippen LogP contribution in [0.3, 0.4) is 0 Å². The lowest BCUT2D eigenvalue weighted by Crippen LogP contribution is -2.44. The van der Waals surface area contributed by atoms with Crippen molar-refractivity contribution in [3.05, 3.63) is 34.4 Å². The second-order valence-corrected chi connectivity index (χ2v) is 5.89. The van der Waals surface area contributed by atoms with E-state index in [2.05, 4.69) is 0 Å². The summed E-state index contributed by atoms with van der Waals surface area (Å²) >= 11 is 1.40. The van der Waals surface area contributed by atoms with Crippen molar-refractivity contribution < 1.29 is 14.8 Å². The maximum Gasteiger partial charge on any atom is 0.323 e. The zero-order valence-corrected chi connectivity index (χ0v) is 12.1. The highest BCUT2D eigenvalue weighted by Gasteiger charge is 2.26. The molecule has 0 saturated carbocycles. The van der Waals surface area contributed by atoms with Crippen molar-refractivity contribution >= 4 is 23.4 Å². The van der Waals surface area contributed by atoms with Gasteiger partial charge < -0.3 is 10.8 Å². The van der Waals surface area contributed by atoms with Crippen LogP contribution in [0.25, 0.3) is 0 Å². The molecule has 1 rings (SSSR count). The van der Waals surface area contributed by atoms with Gasteiger partial charge in [0.05, 0.1) is 9.82 Å². The van der Waals surface area contributed by atoms with Gasteiger partial charge in [0.25, 0.3) is 5.69 Å². The standard InChI is InChI=1S/C13H18N2O4S/c1-13(14,12(16)17)8-4-5-9-20-11-7-3-2-6-10(11)15(18)19/h2-3,6-7H,4-5,8-9,14H2,1H3,(H,16,17). The maximum absolute atomic E-state index is 10.8. The molecule has 0 radical (unpaired) electrons. The SMILES string of the molecule is CC(N)(CCCCSc1ccccc1[N+](=O)[O-])C(=O)O. The molecule has 1 atom stereocenters. The Morgan fingerprint density at radius 3 is 2.70 bits per heavy atom. The summed E-state index contributed by atoms with van der Waals surface area (Å²) < 4.78 is 0. The summed E-state index contributed by atoms with van der Waals surface area (Å²) in [7, 11) is 0. The number of para-hydroxylation sites is 1. The molecule has 0 aliphatic carbocycles. The van der Waals surface area contributed by atoms with Crippen LogP contribution in [0.2, 0.25) is 0 Å². The molecule has 0 aromatic heterocycles. The van der Waals surface area contributed by atoms with Crippen LogP contribution in [0, 0.1) is 10.1 Å². The molecule has 7 heteroatoms. The summed E-state index contributed by atoms with van der Waals surface area (Å²) in [4.78, 5) is 21.9. The number of carboxylic acid groups (broad SMARTS) is 1. The Bertz CT molecular complexity index is 491. The molecule has 0 saturated heterocycles. The molecule has 3 N–H and O–H groups in total. The number of thioether (sulfide) groups is 1. The Morgan fingerprint density at radius 2 is 2.10 bits per heavy atom. The normalized spacial score (nSPS) is 13.7. The summed E-state index contributed by atoms with van der Waals surface area (Å²) in [6, 6.07) is 6.59. The highest BCUT2D eigenvalue weighted by Crippen LogP contribution is 2.29. The van der Waals surface area contributed by atoms with E-state index in [-0.39, 0.29) is 5.69 Å². The predicted molar refractivity (Wildman–Crippen MR) is 77.9 cm³/mol. The molecule has 0 bridgehead atoms. The maximum atomic E-state index is 10.8. The Morgan fingerprint density at radius 1 is 1.45 bits per heavy atom. The minimum atomic E-state index is -1.20. The number of carbonyl (C=O) groups is 1. The molecule has 0 aliphatic rings. The number of carboxylic acids is 1. The van der Waals surface area contributed by atoms with Crippen LogP contribution in [0.1, 0.15) is 26.2 Å². The van der Waals surface area contributed by atoms with Crippen LogP contribution < -0.4 is 5.73 Å². The van der Waals surface area contributed by atoms with Crippen molar-refractivity contribution in [1.29, 1.82) is 0 Å². The van der Waals surface area contributed by atoms with Crippen LogP contribution in [0.5, 0.6) is 0 Å². The van der Waals surface area contributed by atoms with E-state index in [1.165, 1.54) is 24.8 Å². The van der Waals surface area contributed by atoms with Crippen molar-refractivity contribution in [2.45, 2.75) is 36.6 Å². The molecule has 0 aliphatic heterocycles. The quantitative estimate of drug-likeness (QED) is 0.331. The number of unbranched alkanes of at least 4 members (excludes halogenated alkanes) is 1. The van der Waals surface area contributed by atoms with E-state index in [0.717, 1.165) is 6.42 Å². The van der Waals surface area contributed by atoms with Crippen LogP contribution in [0.4, 0.5) is 5.69 Å². The minimum absolute atomic E-state index is 0.103. The summed E-state index contributed by atoms with van der Waals surface area (Å²) in [6.07, 6.45) is 1.82. The largest absolute Gasteiger partial charge is 0.480 e. The zero-order valence-electron chi connectivity index (χ0n) is 11.2. The molecule has 0 spiro atoms. The average molecular weight is 298 g/mol. The molecule has 110 valence electrons. The Labute approximate surface area is 121 Å². The van der Waals surface area contributed by atoms with Crippen molar-refractivity contribution in [3.8, 4) is 0 Å². The fraction of sp³-hybridized carbons (Fsp3) is 0.462. The number of nitrogens with zero attached hydrogens (tertiary/aromatic N) is 1. The second-order valence-electron chi connectivity index (χ2n) is 4.75. The number of hydrogen-bond acceptors (Lipinski definition) is 5. The van der Waals surface area contributed by atoms with Gasteiger partial charge in [0.1, 0.15) is 5.54 Å². The monoisotopic (exact) mass is 298 g/mol. The van der Waals surface area contributed by atoms with Gasteiger partial charge in [-0.15, -0.1) is 11.8 Å². The third kappa shape index (κ3) is 4.82. The minimum Gasteiger partial charge on any atom is -0.480 e. The molecule has 20 heavy (non-hydrogen) atoms. The van der Waals surface area contributed by atoms with Gasteiger partial charge in [-0.1, -0.05) is 18.6 Å². The van der Waals surface area contributed by atoms with E-state index in [0.29, 0.717) is 23.5 Å². The van der Waals surface area contributed by atoms with E-state index < -0.39 is 16.4 Å². The van der Waals surface area contributed by atoms with Gasteiger partial charge in [0.15, 0.2) is 0 Å². The molecular weight excluding hydrogens is 280 g/mol. The summed E-state index contributed by atoms with van der Waals surface area (Å²) in [5.74, 6) is -0.315. The van der Waals surface area contributed by atoms with Gasteiger partial charge in [0, 0.05) is 6.07 Å². The van der Waals surface area contributed by atoms with Gasteiger partial charge >= 0.3 is 5.97 Å². The first-order valence-electron chi connectivity index (χ1n) is 6.23. The molecule has 1 aromatic rings. The number of nitro benzene ring substituents is 1. The Kier molecular flexibility index (Phi) is 5.97.